The quantitative estimate of drug-likeness (QED) is 0.0263. The summed E-state index contributed by atoms with van der Waals surface area (Å²) in [5.74, 6) is -1.01. The molecule has 6 heteroatoms. The maximum absolute atomic E-state index is 12.8. The van der Waals surface area contributed by atoms with Gasteiger partial charge in [-0.05, 0) is 103 Å². The summed E-state index contributed by atoms with van der Waals surface area (Å²) in [6, 6.07) is 0. The molecular formula is C56H94O6. The first-order valence-corrected chi connectivity index (χ1v) is 25.6. The number of carbonyl (C=O) groups is 3. The minimum absolute atomic E-state index is 0.106. The molecule has 0 aliphatic heterocycles. The van der Waals surface area contributed by atoms with Crippen molar-refractivity contribution in [3.63, 3.8) is 0 Å². The van der Waals surface area contributed by atoms with Crippen LogP contribution in [0.4, 0.5) is 0 Å². The largest absolute Gasteiger partial charge is 0.462 e. The molecule has 0 aromatic rings. The first kappa shape index (κ1) is 58.6. The normalized spacial score (nSPS) is 12.8. The first-order valence-electron chi connectivity index (χ1n) is 25.6. The molecule has 0 amide bonds. The fraction of sp³-hybridized carbons (Fsp3) is 0.696. The van der Waals surface area contributed by atoms with Crippen LogP contribution in [0, 0.1) is 0 Å². The minimum atomic E-state index is -0.812. The highest BCUT2D eigenvalue weighted by molar-refractivity contribution is 5.71. The number of hydrogen-bond acceptors (Lipinski definition) is 6. The Labute approximate surface area is 382 Å². The lowest BCUT2D eigenvalue weighted by molar-refractivity contribution is -0.166. The lowest BCUT2D eigenvalue weighted by Gasteiger charge is -2.18. The Balaban J connectivity index is 4.48. The van der Waals surface area contributed by atoms with Crippen LogP contribution in [-0.4, -0.2) is 37.2 Å². The summed E-state index contributed by atoms with van der Waals surface area (Å²) in [6.45, 7) is 6.40. The van der Waals surface area contributed by atoms with Crippen LogP contribution in [0.5, 0.6) is 0 Å². The fourth-order valence-electron chi connectivity index (χ4n) is 6.77. The average molecular weight is 863 g/mol. The highest BCUT2D eigenvalue weighted by Gasteiger charge is 2.19. The number of hydrogen-bond donors (Lipinski definition) is 0. The van der Waals surface area contributed by atoms with Gasteiger partial charge in [0.1, 0.15) is 13.2 Å². The molecule has 0 radical (unpaired) electrons. The van der Waals surface area contributed by atoms with Gasteiger partial charge in [0.05, 0.1) is 0 Å². The molecule has 0 aromatic heterocycles. The maximum atomic E-state index is 12.8. The van der Waals surface area contributed by atoms with Crippen molar-refractivity contribution < 1.29 is 28.6 Å². The van der Waals surface area contributed by atoms with Crippen molar-refractivity contribution in [2.75, 3.05) is 13.2 Å². The molecule has 1 unspecified atom stereocenters. The summed E-state index contributed by atoms with van der Waals surface area (Å²) in [7, 11) is 0. The van der Waals surface area contributed by atoms with Gasteiger partial charge in [0.2, 0.25) is 0 Å². The van der Waals surface area contributed by atoms with E-state index in [9.17, 15) is 14.4 Å². The van der Waals surface area contributed by atoms with Crippen LogP contribution in [0.25, 0.3) is 0 Å². The van der Waals surface area contributed by atoms with Crippen LogP contribution < -0.4 is 0 Å². The molecule has 0 N–H and O–H groups in total. The SMILES string of the molecule is CC/C=C\C/C=C\C/C=C\C/C=C\CCC(=O)OCC(COC(=O)CCCCCCCCC/C=C\C/C=C\CCCCC)OC(=O)CCCCCCC/C=C\CCCCCCC. The molecule has 62 heavy (non-hydrogen) atoms. The van der Waals surface area contributed by atoms with Crippen LogP contribution in [0.15, 0.2) is 85.1 Å². The van der Waals surface area contributed by atoms with Crippen LogP contribution in [-0.2, 0) is 28.6 Å². The van der Waals surface area contributed by atoms with E-state index in [0.29, 0.717) is 19.3 Å². The molecule has 354 valence electrons. The molecule has 0 heterocycles. The molecule has 0 rings (SSSR count). The number of unbranched alkanes of at least 4 members (excludes halogenated alkanes) is 20. The van der Waals surface area contributed by atoms with Gasteiger partial charge in [-0.1, -0.05) is 196 Å². The van der Waals surface area contributed by atoms with E-state index in [2.05, 4.69) is 93.7 Å². The Kier molecular flexibility index (Phi) is 47.5. The smallest absolute Gasteiger partial charge is 0.306 e. The number of esters is 3. The zero-order valence-electron chi connectivity index (χ0n) is 40.4. The predicted molar refractivity (Wildman–Crippen MR) is 265 cm³/mol. The lowest BCUT2D eigenvalue weighted by Crippen LogP contribution is -2.30. The second-order valence-electron chi connectivity index (χ2n) is 16.7. The highest BCUT2D eigenvalue weighted by Crippen LogP contribution is 2.13. The van der Waals surface area contributed by atoms with Crippen molar-refractivity contribution >= 4 is 17.9 Å². The van der Waals surface area contributed by atoms with Crippen LogP contribution in [0.3, 0.4) is 0 Å². The van der Waals surface area contributed by atoms with E-state index < -0.39 is 6.10 Å². The standard InChI is InChI=1S/C56H94O6/c1-4-7-10-13-16-19-22-25-27-28-29-32-34-37-40-43-46-49-55(58)61-52-53(51-60-54(57)48-45-42-39-36-33-30-24-21-18-15-12-9-6-3)62-56(59)50-47-44-41-38-35-31-26-23-20-17-14-11-8-5-2/h9,12,16,18-19,21,23,25-27,30,33,39,42,53H,4-8,10-11,13-15,17,20,22,24,28-29,31-32,34-38,40-41,43-52H2,1-3H3/b12-9-,19-16-,21-18-,26-23-,27-25-,33-30-,42-39-. The molecule has 0 spiro atoms. The Bertz CT molecular complexity index is 1220. The summed E-state index contributed by atoms with van der Waals surface area (Å²) in [5.41, 5.74) is 0. The van der Waals surface area contributed by atoms with Gasteiger partial charge in [0.15, 0.2) is 6.10 Å². The maximum Gasteiger partial charge on any atom is 0.306 e. The van der Waals surface area contributed by atoms with E-state index in [4.69, 9.17) is 14.2 Å². The van der Waals surface area contributed by atoms with Gasteiger partial charge < -0.3 is 14.2 Å². The summed E-state index contributed by atoms with van der Waals surface area (Å²) < 4.78 is 16.7. The van der Waals surface area contributed by atoms with Crippen molar-refractivity contribution in [3.05, 3.63) is 85.1 Å². The van der Waals surface area contributed by atoms with Crippen LogP contribution >= 0.6 is 0 Å². The van der Waals surface area contributed by atoms with E-state index in [0.717, 1.165) is 89.9 Å². The van der Waals surface area contributed by atoms with E-state index in [1.807, 2.05) is 12.2 Å². The Morgan fingerprint density at radius 1 is 0.339 bits per heavy atom. The van der Waals surface area contributed by atoms with Gasteiger partial charge in [-0.3, -0.25) is 14.4 Å². The van der Waals surface area contributed by atoms with Crippen molar-refractivity contribution in [1.82, 2.24) is 0 Å². The van der Waals surface area contributed by atoms with Gasteiger partial charge in [0, 0.05) is 19.3 Å². The second-order valence-corrected chi connectivity index (χ2v) is 16.7. The summed E-state index contributed by atoms with van der Waals surface area (Å²) >= 11 is 0. The molecule has 0 aromatic carbocycles. The molecule has 1 atom stereocenters. The molecule has 0 fully saturated rings. The van der Waals surface area contributed by atoms with E-state index in [-0.39, 0.29) is 37.5 Å². The second kappa shape index (κ2) is 50.2. The predicted octanol–water partition coefficient (Wildman–Crippen LogP) is 16.8. The number of rotatable bonds is 45. The third kappa shape index (κ3) is 47.6. The van der Waals surface area contributed by atoms with Gasteiger partial charge in [-0.2, -0.15) is 0 Å². The Morgan fingerprint density at radius 2 is 0.661 bits per heavy atom. The highest BCUT2D eigenvalue weighted by atomic mass is 16.6. The van der Waals surface area contributed by atoms with Crippen molar-refractivity contribution in [2.24, 2.45) is 0 Å². The molecule has 6 nitrogen and oxygen atoms in total. The third-order valence-corrected chi connectivity index (χ3v) is 10.6. The van der Waals surface area contributed by atoms with Gasteiger partial charge in [-0.15, -0.1) is 0 Å². The fourth-order valence-corrected chi connectivity index (χ4v) is 6.77. The van der Waals surface area contributed by atoms with E-state index in [1.54, 1.807) is 0 Å². The monoisotopic (exact) mass is 863 g/mol. The van der Waals surface area contributed by atoms with E-state index in [1.165, 1.54) is 96.3 Å². The molecular weight excluding hydrogens is 769 g/mol. The summed E-state index contributed by atoms with van der Waals surface area (Å²) in [6.07, 6.45) is 64.3. The van der Waals surface area contributed by atoms with Gasteiger partial charge in [0.25, 0.3) is 0 Å². The van der Waals surface area contributed by atoms with Crippen molar-refractivity contribution in [2.45, 2.75) is 239 Å². The zero-order chi connectivity index (χ0) is 45.1. The number of ether oxygens (including phenoxy) is 3. The van der Waals surface area contributed by atoms with Gasteiger partial charge >= 0.3 is 17.9 Å². The lowest BCUT2D eigenvalue weighted by atomic mass is 10.1. The van der Waals surface area contributed by atoms with Crippen molar-refractivity contribution in [3.8, 4) is 0 Å². The number of allylic oxidation sites excluding steroid dienone is 14. The van der Waals surface area contributed by atoms with Crippen LogP contribution in [0.2, 0.25) is 0 Å². The molecule has 0 saturated carbocycles. The third-order valence-electron chi connectivity index (χ3n) is 10.6. The average Bonchev–Trinajstić information content (AvgIpc) is 3.27. The zero-order valence-corrected chi connectivity index (χ0v) is 40.4. The molecule has 0 aliphatic rings. The Morgan fingerprint density at radius 3 is 1.13 bits per heavy atom. The molecule has 0 saturated heterocycles. The van der Waals surface area contributed by atoms with Crippen molar-refractivity contribution in [1.29, 1.82) is 0 Å². The first-order chi connectivity index (χ1) is 30.5. The van der Waals surface area contributed by atoms with E-state index >= 15 is 0 Å². The molecule has 0 bridgehead atoms. The van der Waals surface area contributed by atoms with Crippen LogP contribution in [0.1, 0.15) is 233 Å². The minimum Gasteiger partial charge on any atom is -0.462 e. The summed E-state index contributed by atoms with van der Waals surface area (Å²) in [4.78, 5) is 37.9. The molecule has 0 aliphatic carbocycles. The summed E-state index contributed by atoms with van der Waals surface area (Å²) in [5, 5.41) is 0. The Hall–Kier alpha value is -3.41. The number of carbonyl (C=O) groups excluding carboxylic acids is 3. The topological polar surface area (TPSA) is 78.9 Å². The van der Waals surface area contributed by atoms with Gasteiger partial charge in [-0.25, -0.2) is 0 Å².